The molecule has 2 amide bonds. The minimum atomic E-state index is -0.613. The lowest BCUT2D eigenvalue weighted by Crippen LogP contribution is -2.60. The zero-order valence-corrected chi connectivity index (χ0v) is 15.5. The molecule has 1 saturated heterocycles. The summed E-state index contributed by atoms with van der Waals surface area (Å²) in [4.78, 5) is 27.0. The highest BCUT2D eigenvalue weighted by Crippen LogP contribution is 2.33. The van der Waals surface area contributed by atoms with Crippen LogP contribution in [0.2, 0.25) is 0 Å². The average molecular weight is 363 g/mol. The van der Waals surface area contributed by atoms with Crippen LogP contribution < -0.4 is 10.6 Å². The second kappa shape index (κ2) is 8.68. The molecule has 2 N–H and O–H groups in total. The number of hydrogen-bond donors (Lipinski definition) is 2. The molecule has 26 heavy (non-hydrogen) atoms. The minimum Gasteiger partial charge on any atom is -0.459 e. The normalized spacial score (nSPS) is 21.7. The third-order valence-electron chi connectivity index (χ3n) is 5.54. The zero-order chi connectivity index (χ0) is 18.4. The molecule has 144 valence electrons. The van der Waals surface area contributed by atoms with Crippen LogP contribution in [-0.2, 0) is 9.53 Å². The molecule has 1 aromatic heterocycles. The molecule has 1 unspecified atom stereocenters. The van der Waals surface area contributed by atoms with Gasteiger partial charge in [0.2, 0.25) is 5.91 Å². The summed E-state index contributed by atoms with van der Waals surface area (Å²) in [5, 5.41) is 5.76. The van der Waals surface area contributed by atoms with Crippen LogP contribution in [0.25, 0.3) is 0 Å². The minimum absolute atomic E-state index is 0.0163. The summed E-state index contributed by atoms with van der Waals surface area (Å²) in [7, 11) is 0. The van der Waals surface area contributed by atoms with Crippen molar-refractivity contribution in [1.82, 2.24) is 15.5 Å². The molecule has 7 heteroatoms. The van der Waals surface area contributed by atoms with Gasteiger partial charge in [0.15, 0.2) is 5.76 Å². The van der Waals surface area contributed by atoms with E-state index < -0.39 is 6.04 Å². The lowest BCUT2D eigenvalue weighted by molar-refractivity contribution is -0.123. The van der Waals surface area contributed by atoms with E-state index >= 15 is 0 Å². The van der Waals surface area contributed by atoms with Gasteiger partial charge in [-0.3, -0.25) is 14.5 Å². The van der Waals surface area contributed by atoms with Gasteiger partial charge in [-0.05, 0) is 31.9 Å². The highest BCUT2D eigenvalue weighted by atomic mass is 16.5. The van der Waals surface area contributed by atoms with Crippen LogP contribution in [0, 0.1) is 0 Å². The molecule has 1 aliphatic heterocycles. The summed E-state index contributed by atoms with van der Waals surface area (Å²) in [6.07, 6.45) is 7.28. The van der Waals surface area contributed by atoms with Crippen LogP contribution in [-0.4, -0.2) is 61.1 Å². The molecule has 2 fully saturated rings. The monoisotopic (exact) mass is 363 g/mol. The van der Waals surface area contributed by atoms with Crippen molar-refractivity contribution in [3.05, 3.63) is 24.2 Å². The quantitative estimate of drug-likeness (QED) is 0.801. The number of hydrogen-bond acceptors (Lipinski definition) is 5. The first-order valence-electron chi connectivity index (χ1n) is 9.56. The number of carbonyl (C=O) groups excluding carboxylic acids is 2. The van der Waals surface area contributed by atoms with Gasteiger partial charge in [-0.15, -0.1) is 0 Å². The van der Waals surface area contributed by atoms with Crippen LogP contribution in [0.4, 0.5) is 0 Å². The van der Waals surface area contributed by atoms with Crippen LogP contribution in [0.15, 0.2) is 22.8 Å². The van der Waals surface area contributed by atoms with E-state index in [0.717, 1.165) is 39.1 Å². The topological polar surface area (TPSA) is 83.8 Å². The lowest BCUT2D eigenvalue weighted by Gasteiger charge is -2.48. The van der Waals surface area contributed by atoms with E-state index in [1.54, 1.807) is 19.1 Å². The Morgan fingerprint density at radius 1 is 1.23 bits per heavy atom. The Balaban J connectivity index is 1.55. The second-order valence-electron chi connectivity index (χ2n) is 7.27. The van der Waals surface area contributed by atoms with E-state index in [-0.39, 0.29) is 23.1 Å². The number of carbonyl (C=O) groups is 2. The van der Waals surface area contributed by atoms with Gasteiger partial charge in [-0.2, -0.15) is 0 Å². The SMILES string of the molecule is CC(NC(=O)c1ccco1)C(=O)NCC1(N2CCOCC2)CCCCC1. The van der Waals surface area contributed by atoms with Crippen LogP contribution in [0.3, 0.4) is 0 Å². The molecule has 7 nitrogen and oxygen atoms in total. The van der Waals surface area contributed by atoms with Crippen molar-refractivity contribution in [2.75, 3.05) is 32.8 Å². The Morgan fingerprint density at radius 2 is 1.96 bits per heavy atom. The number of rotatable bonds is 6. The van der Waals surface area contributed by atoms with Gasteiger partial charge in [-0.1, -0.05) is 19.3 Å². The van der Waals surface area contributed by atoms with Crippen molar-refractivity contribution < 1.29 is 18.7 Å². The summed E-state index contributed by atoms with van der Waals surface area (Å²) in [5.74, 6) is -0.331. The molecule has 2 aliphatic rings. The Morgan fingerprint density at radius 3 is 2.62 bits per heavy atom. The molecule has 0 bridgehead atoms. The molecule has 1 aliphatic carbocycles. The molecule has 0 radical (unpaired) electrons. The summed E-state index contributed by atoms with van der Waals surface area (Å²) >= 11 is 0. The Kier molecular flexibility index (Phi) is 6.32. The van der Waals surface area contributed by atoms with Crippen LogP contribution in [0.5, 0.6) is 0 Å². The fraction of sp³-hybridized carbons (Fsp3) is 0.684. The van der Waals surface area contributed by atoms with Gasteiger partial charge in [0.25, 0.3) is 5.91 Å². The summed E-state index contributed by atoms with van der Waals surface area (Å²) in [6.45, 7) is 5.66. The first kappa shape index (κ1) is 18.9. The fourth-order valence-electron chi connectivity index (χ4n) is 4.00. The Bertz CT molecular complexity index is 590. The maximum absolute atomic E-state index is 12.5. The van der Waals surface area contributed by atoms with Gasteiger partial charge in [0.05, 0.1) is 19.5 Å². The molecular weight excluding hydrogens is 334 g/mol. The molecule has 2 heterocycles. The van der Waals surface area contributed by atoms with Gasteiger partial charge < -0.3 is 19.8 Å². The fourth-order valence-corrected chi connectivity index (χ4v) is 4.00. The highest BCUT2D eigenvalue weighted by Gasteiger charge is 2.39. The number of furan rings is 1. The molecule has 1 aromatic rings. The van der Waals surface area contributed by atoms with Crippen LogP contribution in [0.1, 0.15) is 49.6 Å². The van der Waals surface area contributed by atoms with E-state index in [0.29, 0.717) is 6.54 Å². The van der Waals surface area contributed by atoms with E-state index in [1.165, 1.54) is 25.5 Å². The summed E-state index contributed by atoms with van der Waals surface area (Å²) < 4.78 is 10.6. The lowest BCUT2D eigenvalue weighted by atomic mass is 9.79. The van der Waals surface area contributed by atoms with Crippen molar-refractivity contribution in [3.8, 4) is 0 Å². The highest BCUT2D eigenvalue weighted by molar-refractivity contribution is 5.95. The number of morpholine rings is 1. The van der Waals surface area contributed by atoms with E-state index in [1.807, 2.05) is 0 Å². The van der Waals surface area contributed by atoms with Crippen molar-refractivity contribution in [2.24, 2.45) is 0 Å². The molecular formula is C19H29N3O4. The predicted molar refractivity (Wildman–Crippen MR) is 96.9 cm³/mol. The van der Waals surface area contributed by atoms with Crippen molar-refractivity contribution in [3.63, 3.8) is 0 Å². The number of ether oxygens (including phenoxy) is 1. The van der Waals surface area contributed by atoms with E-state index in [9.17, 15) is 9.59 Å². The largest absolute Gasteiger partial charge is 0.459 e. The smallest absolute Gasteiger partial charge is 0.287 e. The van der Waals surface area contributed by atoms with Gasteiger partial charge >= 0.3 is 0 Å². The van der Waals surface area contributed by atoms with E-state index in [2.05, 4.69) is 15.5 Å². The maximum Gasteiger partial charge on any atom is 0.287 e. The average Bonchev–Trinajstić information content (AvgIpc) is 3.22. The van der Waals surface area contributed by atoms with Crippen molar-refractivity contribution in [2.45, 2.75) is 50.6 Å². The Hall–Kier alpha value is -1.86. The first-order chi connectivity index (χ1) is 12.6. The molecule has 0 aromatic carbocycles. The molecule has 0 spiro atoms. The Labute approximate surface area is 154 Å². The molecule has 3 rings (SSSR count). The maximum atomic E-state index is 12.5. The second-order valence-corrected chi connectivity index (χ2v) is 7.27. The number of amides is 2. The van der Waals surface area contributed by atoms with Crippen LogP contribution >= 0.6 is 0 Å². The first-order valence-corrected chi connectivity index (χ1v) is 9.56. The third-order valence-corrected chi connectivity index (χ3v) is 5.54. The number of nitrogens with one attached hydrogen (secondary N) is 2. The van der Waals surface area contributed by atoms with Gasteiger partial charge in [0.1, 0.15) is 6.04 Å². The van der Waals surface area contributed by atoms with Gasteiger partial charge in [0, 0.05) is 25.2 Å². The molecule has 1 atom stereocenters. The predicted octanol–water partition coefficient (Wildman–Crippen LogP) is 1.55. The standard InChI is InChI=1S/C19H29N3O4/c1-15(21-18(24)16-6-5-11-26-16)17(23)20-14-19(7-3-2-4-8-19)22-9-12-25-13-10-22/h5-6,11,15H,2-4,7-10,12-14H2,1H3,(H,20,23)(H,21,24). The van der Waals surface area contributed by atoms with Crippen molar-refractivity contribution in [1.29, 1.82) is 0 Å². The number of nitrogens with zero attached hydrogens (tertiary/aromatic N) is 1. The van der Waals surface area contributed by atoms with Gasteiger partial charge in [-0.25, -0.2) is 0 Å². The summed E-state index contributed by atoms with van der Waals surface area (Å²) in [6, 6.07) is 2.61. The van der Waals surface area contributed by atoms with Crippen molar-refractivity contribution >= 4 is 11.8 Å². The summed E-state index contributed by atoms with van der Waals surface area (Å²) in [5.41, 5.74) is 0.0163. The van der Waals surface area contributed by atoms with E-state index in [4.69, 9.17) is 9.15 Å². The molecule has 1 saturated carbocycles. The zero-order valence-electron chi connectivity index (χ0n) is 15.5. The third kappa shape index (κ3) is 4.45.